The summed E-state index contributed by atoms with van der Waals surface area (Å²) in [6.07, 6.45) is -2.33. The molecule has 0 atom stereocenters. The molecule has 108 valence electrons. The molecule has 0 unspecified atom stereocenters. The van der Waals surface area contributed by atoms with Gasteiger partial charge in [-0.1, -0.05) is 60.7 Å². The van der Waals surface area contributed by atoms with Crippen molar-refractivity contribution in [3.05, 3.63) is 71.8 Å². The van der Waals surface area contributed by atoms with Gasteiger partial charge in [-0.05, 0) is 6.16 Å². The first-order chi connectivity index (χ1) is 9.18. The molecule has 0 heterocycles. The molecule has 0 radical (unpaired) electrons. The predicted molar refractivity (Wildman–Crippen MR) is 73.6 cm³/mol. The van der Waals surface area contributed by atoms with E-state index < -0.39 is 6.16 Å². The second-order valence-corrected chi connectivity index (χ2v) is 3.92. The lowest BCUT2D eigenvalue weighted by Crippen LogP contribution is -2.80. The molecule has 0 bridgehead atoms. The minimum absolute atomic E-state index is 0. The highest BCUT2D eigenvalue weighted by molar-refractivity contribution is 5.47. The Kier molecular flexibility index (Phi) is 9.29. The van der Waals surface area contributed by atoms with E-state index in [-0.39, 0.29) is 6.15 Å². The van der Waals surface area contributed by atoms with Gasteiger partial charge in [0.15, 0.2) is 0 Å². The summed E-state index contributed by atoms with van der Waals surface area (Å²) >= 11 is 0. The number of carbonyl (C=O) groups excluding carboxylic acids is 1. The SMILES string of the molecule is O=C([O-])[O-].[NH4+].c1ccc(C[NH2+]Cc2ccccc2)cc1. The lowest BCUT2D eigenvalue weighted by molar-refractivity contribution is -0.686. The summed E-state index contributed by atoms with van der Waals surface area (Å²) in [5.41, 5.74) is 2.77. The fourth-order valence-electron chi connectivity index (χ4n) is 1.63. The topological polar surface area (TPSA) is 116 Å². The van der Waals surface area contributed by atoms with Crippen LogP contribution < -0.4 is 21.7 Å². The maximum Gasteiger partial charge on any atom is 0.101 e. The lowest BCUT2D eigenvalue weighted by Gasteiger charge is -2.01. The number of quaternary nitrogens is 2. The Bertz CT molecular complexity index is 431. The van der Waals surface area contributed by atoms with Gasteiger partial charge in [0.2, 0.25) is 0 Å². The van der Waals surface area contributed by atoms with E-state index in [2.05, 4.69) is 66.0 Å². The van der Waals surface area contributed by atoms with Crippen LogP contribution in [0, 0.1) is 0 Å². The molecule has 0 amide bonds. The molecule has 5 heteroatoms. The molecule has 0 saturated heterocycles. The fraction of sp³-hybridized carbons (Fsp3) is 0.133. The van der Waals surface area contributed by atoms with Gasteiger partial charge in [-0.15, -0.1) is 0 Å². The fourth-order valence-corrected chi connectivity index (χ4v) is 1.63. The minimum atomic E-state index is -2.33. The summed E-state index contributed by atoms with van der Waals surface area (Å²) in [6.45, 7) is 2.10. The Balaban J connectivity index is 0.000000644. The smallest absolute Gasteiger partial charge is 0.101 e. The third kappa shape index (κ3) is 8.68. The Labute approximate surface area is 118 Å². The van der Waals surface area contributed by atoms with Gasteiger partial charge < -0.3 is 26.5 Å². The van der Waals surface area contributed by atoms with Crippen molar-refractivity contribution in [2.45, 2.75) is 13.1 Å². The molecule has 0 aliphatic carbocycles. The van der Waals surface area contributed by atoms with Gasteiger partial charge in [-0.2, -0.15) is 0 Å². The van der Waals surface area contributed by atoms with E-state index in [1.807, 2.05) is 0 Å². The molecule has 2 aromatic rings. The van der Waals surface area contributed by atoms with Crippen molar-refractivity contribution in [3.63, 3.8) is 0 Å². The van der Waals surface area contributed by atoms with Crippen LogP contribution in [0.1, 0.15) is 11.1 Å². The normalized spacial score (nSPS) is 8.80. The monoisotopic (exact) mass is 276 g/mol. The molecule has 2 rings (SSSR count). The third-order valence-corrected chi connectivity index (χ3v) is 2.45. The molecular formula is C15H20N2O3. The van der Waals surface area contributed by atoms with E-state index in [0.717, 1.165) is 13.1 Å². The van der Waals surface area contributed by atoms with Crippen LogP contribution in [0.3, 0.4) is 0 Å². The summed E-state index contributed by atoms with van der Waals surface area (Å²) < 4.78 is 0. The van der Waals surface area contributed by atoms with E-state index >= 15 is 0 Å². The summed E-state index contributed by atoms with van der Waals surface area (Å²) in [5, 5.41) is 19.0. The first kappa shape index (κ1) is 17.6. The van der Waals surface area contributed by atoms with Crippen molar-refractivity contribution in [3.8, 4) is 0 Å². The zero-order valence-electron chi connectivity index (χ0n) is 11.5. The highest BCUT2D eigenvalue weighted by Crippen LogP contribution is 1.96. The molecule has 0 aliphatic rings. The second kappa shape index (κ2) is 10.5. The van der Waals surface area contributed by atoms with Crippen molar-refractivity contribution >= 4 is 6.16 Å². The Morgan fingerprint density at radius 1 is 0.800 bits per heavy atom. The number of benzene rings is 2. The van der Waals surface area contributed by atoms with Crippen molar-refractivity contribution in [1.82, 2.24) is 6.15 Å². The highest BCUT2D eigenvalue weighted by atomic mass is 16.6. The summed E-state index contributed by atoms with van der Waals surface area (Å²) in [7, 11) is 0. The molecular weight excluding hydrogens is 256 g/mol. The highest BCUT2D eigenvalue weighted by Gasteiger charge is 1.95. The van der Waals surface area contributed by atoms with Gasteiger partial charge in [0, 0.05) is 11.1 Å². The average molecular weight is 276 g/mol. The first-order valence-corrected chi connectivity index (χ1v) is 5.96. The number of rotatable bonds is 4. The Hall–Kier alpha value is -2.37. The van der Waals surface area contributed by atoms with Crippen LogP contribution in [0.4, 0.5) is 4.79 Å². The van der Waals surface area contributed by atoms with Crippen molar-refractivity contribution in [2.24, 2.45) is 0 Å². The zero-order valence-corrected chi connectivity index (χ0v) is 11.5. The minimum Gasteiger partial charge on any atom is -0.652 e. The van der Waals surface area contributed by atoms with E-state index in [1.165, 1.54) is 11.1 Å². The molecule has 2 aromatic carbocycles. The number of nitrogens with two attached hydrogens (primary N) is 1. The Morgan fingerprint density at radius 2 is 1.10 bits per heavy atom. The van der Waals surface area contributed by atoms with Crippen molar-refractivity contribution in [2.75, 3.05) is 0 Å². The molecule has 0 aromatic heterocycles. The maximum atomic E-state index is 8.33. The van der Waals surface area contributed by atoms with Crippen LogP contribution >= 0.6 is 0 Å². The van der Waals surface area contributed by atoms with Crippen molar-refractivity contribution < 1.29 is 20.3 Å². The quantitative estimate of drug-likeness (QED) is 0.810. The van der Waals surface area contributed by atoms with E-state index in [0.29, 0.717) is 0 Å². The molecule has 6 N–H and O–H groups in total. The van der Waals surface area contributed by atoms with E-state index in [9.17, 15) is 0 Å². The van der Waals surface area contributed by atoms with Gasteiger partial charge in [0.25, 0.3) is 0 Å². The van der Waals surface area contributed by atoms with Crippen LogP contribution in [0.5, 0.6) is 0 Å². The van der Waals surface area contributed by atoms with Gasteiger partial charge >= 0.3 is 0 Å². The number of carboxylic acid groups (broad SMARTS) is 2. The van der Waals surface area contributed by atoms with Crippen LogP contribution in [-0.4, -0.2) is 6.16 Å². The predicted octanol–water partition coefficient (Wildman–Crippen LogP) is -0.121. The lowest BCUT2D eigenvalue weighted by atomic mass is 10.2. The molecule has 0 aliphatic heterocycles. The number of carbonyl (C=O) groups is 1. The first-order valence-electron chi connectivity index (χ1n) is 5.96. The molecule has 0 spiro atoms. The second-order valence-electron chi connectivity index (χ2n) is 3.92. The van der Waals surface area contributed by atoms with Gasteiger partial charge in [0.05, 0.1) is 0 Å². The summed E-state index contributed by atoms with van der Waals surface area (Å²) in [6, 6.07) is 21.1. The average Bonchev–Trinajstić information content (AvgIpc) is 2.41. The van der Waals surface area contributed by atoms with Crippen molar-refractivity contribution in [1.29, 1.82) is 0 Å². The number of hydrogen-bond acceptors (Lipinski definition) is 3. The number of hydrogen-bond donors (Lipinski definition) is 2. The molecule has 20 heavy (non-hydrogen) atoms. The van der Waals surface area contributed by atoms with Crippen LogP contribution in [0.2, 0.25) is 0 Å². The van der Waals surface area contributed by atoms with Gasteiger partial charge in [-0.3, -0.25) is 0 Å². The molecule has 0 fully saturated rings. The zero-order chi connectivity index (χ0) is 13.9. The van der Waals surface area contributed by atoms with Gasteiger partial charge in [0.1, 0.15) is 13.1 Å². The molecule has 5 nitrogen and oxygen atoms in total. The summed E-state index contributed by atoms with van der Waals surface area (Å²) in [5.74, 6) is 0. The van der Waals surface area contributed by atoms with Crippen LogP contribution in [0.15, 0.2) is 60.7 Å². The summed E-state index contributed by atoms with van der Waals surface area (Å²) in [4.78, 5) is 8.33. The standard InChI is InChI=1S/C14H15N.CH2O3.H3N/c1-3-7-13(8-4-1)11-15-12-14-9-5-2-6-10-14;2-1(3)4;/h1-10,15H,11-12H2;(H2,2,3,4);1H3. The van der Waals surface area contributed by atoms with Gasteiger partial charge in [-0.25, -0.2) is 0 Å². The third-order valence-electron chi connectivity index (χ3n) is 2.45. The maximum absolute atomic E-state index is 8.33. The van der Waals surface area contributed by atoms with E-state index in [4.69, 9.17) is 15.0 Å². The molecule has 0 saturated carbocycles. The van der Waals surface area contributed by atoms with Crippen LogP contribution in [-0.2, 0) is 13.1 Å². The largest absolute Gasteiger partial charge is 0.652 e. The Morgan fingerprint density at radius 3 is 1.40 bits per heavy atom. The van der Waals surface area contributed by atoms with E-state index in [1.54, 1.807) is 0 Å². The van der Waals surface area contributed by atoms with Crippen LogP contribution in [0.25, 0.3) is 0 Å².